The average Bonchev–Trinajstić information content (AvgIpc) is 2.56. The number of rotatable bonds is 4. The molecule has 0 radical (unpaired) electrons. The van der Waals surface area contributed by atoms with Gasteiger partial charge in [0.1, 0.15) is 5.60 Å². The van der Waals surface area contributed by atoms with Crippen molar-refractivity contribution in [1.29, 1.82) is 0 Å². The summed E-state index contributed by atoms with van der Waals surface area (Å²) in [7, 11) is 0. The highest BCUT2D eigenvalue weighted by Crippen LogP contribution is 2.32. The molecule has 1 aliphatic heterocycles. The highest BCUT2D eigenvalue weighted by atomic mass is 16.6. The molecule has 0 aliphatic carbocycles. The van der Waals surface area contributed by atoms with Gasteiger partial charge in [0.2, 0.25) is 0 Å². The number of ether oxygens (including phenoxy) is 2. The van der Waals surface area contributed by atoms with E-state index in [0.29, 0.717) is 12.3 Å². The zero-order valence-electron chi connectivity index (χ0n) is 12.1. The summed E-state index contributed by atoms with van der Waals surface area (Å²) in [5.74, 6) is 0.309. The summed E-state index contributed by atoms with van der Waals surface area (Å²) < 4.78 is 11.1. The number of carbonyl (C=O) groups is 1. The minimum absolute atomic E-state index is 0.0367. The summed E-state index contributed by atoms with van der Waals surface area (Å²) in [4.78, 5) is 11.8. The Kier molecular flexibility index (Phi) is 5.17. The molecule has 1 saturated heterocycles. The Hall–Kier alpha value is -0.610. The molecule has 4 heteroatoms. The average molecular weight is 258 g/mol. The van der Waals surface area contributed by atoms with Crippen molar-refractivity contribution < 1.29 is 19.4 Å². The van der Waals surface area contributed by atoms with Crippen molar-refractivity contribution in [2.24, 2.45) is 11.8 Å². The van der Waals surface area contributed by atoms with Gasteiger partial charge in [0, 0.05) is 0 Å². The van der Waals surface area contributed by atoms with Gasteiger partial charge in [0.15, 0.2) is 0 Å². The van der Waals surface area contributed by atoms with Gasteiger partial charge in [0.05, 0.1) is 25.2 Å². The molecule has 18 heavy (non-hydrogen) atoms. The van der Waals surface area contributed by atoms with Crippen molar-refractivity contribution in [1.82, 2.24) is 0 Å². The van der Waals surface area contributed by atoms with E-state index in [2.05, 4.69) is 6.92 Å². The summed E-state index contributed by atoms with van der Waals surface area (Å²) in [5.41, 5.74) is -0.438. The molecule has 1 aliphatic rings. The maximum Gasteiger partial charge on any atom is 0.306 e. The highest BCUT2D eigenvalue weighted by Gasteiger charge is 2.36. The van der Waals surface area contributed by atoms with Gasteiger partial charge in [0.25, 0.3) is 0 Å². The Balaban J connectivity index is 2.45. The quantitative estimate of drug-likeness (QED) is 0.785. The van der Waals surface area contributed by atoms with Crippen LogP contribution in [0.2, 0.25) is 0 Å². The SMILES string of the molecule is C[C@@H]1C[C@@H](CO)O[C@@H]1[C@@H](C)CC(=O)OC(C)(C)C. The van der Waals surface area contributed by atoms with Crippen molar-refractivity contribution in [3.8, 4) is 0 Å². The van der Waals surface area contributed by atoms with Crippen molar-refractivity contribution >= 4 is 5.97 Å². The van der Waals surface area contributed by atoms with Crippen molar-refractivity contribution in [2.45, 2.75) is 65.3 Å². The number of esters is 1. The molecule has 1 heterocycles. The van der Waals surface area contributed by atoms with Crippen LogP contribution in [0.3, 0.4) is 0 Å². The molecule has 0 bridgehead atoms. The van der Waals surface area contributed by atoms with E-state index >= 15 is 0 Å². The second-order valence-corrected chi connectivity index (χ2v) is 6.39. The Morgan fingerprint density at radius 1 is 1.50 bits per heavy atom. The number of hydrogen-bond acceptors (Lipinski definition) is 4. The van der Waals surface area contributed by atoms with Crippen molar-refractivity contribution in [3.05, 3.63) is 0 Å². The summed E-state index contributed by atoms with van der Waals surface area (Å²) in [6.45, 7) is 9.76. The fourth-order valence-corrected chi connectivity index (χ4v) is 2.54. The first-order valence-electron chi connectivity index (χ1n) is 6.71. The molecule has 1 N–H and O–H groups in total. The minimum atomic E-state index is -0.438. The monoisotopic (exact) mass is 258 g/mol. The van der Waals surface area contributed by atoms with Crippen molar-refractivity contribution in [2.75, 3.05) is 6.61 Å². The van der Waals surface area contributed by atoms with E-state index in [4.69, 9.17) is 14.6 Å². The van der Waals surface area contributed by atoms with Gasteiger partial charge < -0.3 is 14.6 Å². The van der Waals surface area contributed by atoms with Crippen molar-refractivity contribution in [3.63, 3.8) is 0 Å². The second-order valence-electron chi connectivity index (χ2n) is 6.39. The van der Waals surface area contributed by atoms with Crippen LogP contribution < -0.4 is 0 Å². The minimum Gasteiger partial charge on any atom is -0.460 e. The first kappa shape index (κ1) is 15.4. The third kappa shape index (κ3) is 4.58. The molecule has 0 amide bonds. The molecule has 0 aromatic heterocycles. The predicted molar refractivity (Wildman–Crippen MR) is 69.2 cm³/mol. The fourth-order valence-electron chi connectivity index (χ4n) is 2.54. The van der Waals surface area contributed by atoms with Gasteiger partial charge >= 0.3 is 5.97 Å². The van der Waals surface area contributed by atoms with Crippen LogP contribution in [0.4, 0.5) is 0 Å². The van der Waals surface area contributed by atoms with Gasteiger partial charge in [-0.15, -0.1) is 0 Å². The molecule has 4 nitrogen and oxygen atoms in total. The Bertz CT molecular complexity index is 282. The predicted octanol–water partition coefficient (Wildman–Crippen LogP) is 2.14. The lowest BCUT2D eigenvalue weighted by atomic mass is 9.90. The van der Waals surface area contributed by atoms with E-state index in [1.54, 1.807) is 0 Å². The van der Waals surface area contributed by atoms with Crippen LogP contribution in [0.25, 0.3) is 0 Å². The summed E-state index contributed by atoms with van der Waals surface area (Å²) in [6.07, 6.45) is 1.19. The van der Waals surface area contributed by atoms with Gasteiger partial charge in [-0.2, -0.15) is 0 Å². The molecular weight excluding hydrogens is 232 g/mol. The molecule has 1 fully saturated rings. The maximum atomic E-state index is 11.8. The Morgan fingerprint density at radius 2 is 2.11 bits per heavy atom. The zero-order chi connectivity index (χ0) is 13.9. The normalized spacial score (nSPS) is 30.2. The van der Waals surface area contributed by atoms with E-state index in [9.17, 15) is 4.79 Å². The molecule has 1 rings (SSSR count). The first-order valence-corrected chi connectivity index (χ1v) is 6.71. The van der Waals surface area contributed by atoms with E-state index in [1.807, 2.05) is 27.7 Å². The van der Waals surface area contributed by atoms with E-state index in [0.717, 1.165) is 6.42 Å². The standard InChI is InChI=1S/C14H26O4/c1-9-6-11(8-15)17-13(9)10(2)7-12(16)18-14(3,4)5/h9-11,13,15H,6-8H2,1-5H3/t9-,10+,11+,13+/m1/s1. The van der Waals surface area contributed by atoms with Crippen LogP contribution in [0.15, 0.2) is 0 Å². The van der Waals surface area contributed by atoms with Crippen LogP contribution in [-0.2, 0) is 14.3 Å². The molecule has 4 atom stereocenters. The molecular formula is C14H26O4. The van der Waals surface area contributed by atoms with Gasteiger partial charge in [-0.3, -0.25) is 4.79 Å². The van der Waals surface area contributed by atoms with Gasteiger partial charge in [-0.25, -0.2) is 0 Å². The molecule has 0 aromatic carbocycles. The van der Waals surface area contributed by atoms with Crippen LogP contribution in [0, 0.1) is 11.8 Å². The number of hydrogen-bond donors (Lipinski definition) is 1. The van der Waals surface area contributed by atoms with E-state index in [1.165, 1.54) is 0 Å². The number of carbonyl (C=O) groups excluding carboxylic acids is 1. The molecule has 106 valence electrons. The third-order valence-electron chi connectivity index (χ3n) is 3.22. The van der Waals surface area contributed by atoms with Crippen LogP contribution in [0.5, 0.6) is 0 Å². The molecule has 0 unspecified atom stereocenters. The fraction of sp³-hybridized carbons (Fsp3) is 0.929. The smallest absolute Gasteiger partial charge is 0.306 e. The van der Waals surface area contributed by atoms with Crippen LogP contribution >= 0.6 is 0 Å². The number of aliphatic hydroxyl groups is 1. The molecule has 0 saturated carbocycles. The lowest BCUT2D eigenvalue weighted by Gasteiger charge is -2.25. The van der Waals surface area contributed by atoms with Gasteiger partial charge in [-0.1, -0.05) is 13.8 Å². The largest absolute Gasteiger partial charge is 0.460 e. The number of aliphatic hydroxyl groups excluding tert-OH is 1. The van der Waals surface area contributed by atoms with E-state index < -0.39 is 5.60 Å². The first-order chi connectivity index (χ1) is 8.23. The summed E-state index contributed by atoms with van der Waals surface area (Å²) >= 11 is 0. The van der Waals surface area contributed by atoms with Crippen LogP contribution in [0.1, 0.15) is 47.5 Å². The zero-order valence-corrected chi connectivity index (χ0v) is 12.1. The Morgan fingerprint density at radius 3 is 2.56 bits per heavy atom. The maximum absolute atomic E-state index is 11.8. The summed E-state index contributed by atoms with van der Waals surface area (Å²) in [6, 6.07) is 0. The molecule has 0 aromatic rings. The molecule has 0 spiro atoms. The lowest BCUT2D eigenvalue weighted by molar-refractivity contribution is -0.157. The second kappa shape index (κ2) is 6.02. The van der Waals surface area contributed by atoms with Crippen LogP contribution in [-0.4, -0.2) is 35.5 Å². The highest BCUT2D eigenvalue weighted by molar-refractivity contribution is 5.70. The van der Waals surface area contributed by atoms with Gasteiger partial charge in [-0.05, 0) is 39.0 Å². The lowest BCUT2D eigenvalue weighted by Crippen LogP contribution is -2.30. The van der Waals surface area contributed by atoms with E-state index in [-0.39, 0.29) is 30.7 Å². The third-order valence-corrected chi connectivity index (χ3v) is 3.22. The topological polar surface area (TPSA) is 55.8 Å². The summed E-state index contributed by atoms with van der Waals surface area (Å²) in [5, 5.41) is 9.10. The Labute approximate surface area is 110 Å².